The number of thiophene rings is 1. The number of hydrogen-bond donors (Lipinski definition) is 0. The highest BCUT2D eigenvalue weighted by atomic mass is 79.9. The van der Waals surface area contributed by atoms with Crippen LogP contribution in [0, 0.1) is 0 Å². The van der Waals surface area contributed by atoms with Crippen LogP contribution in [0.4, 0.5) is 0 Å². The molecule has 0 aliphatic heterocycles. The molecule has 0 saturated carbocycles. The summed E-state index contributed by atoms with van der Waals surface area (Å²) < 4.78 is 6.26. The van der Waals surface area contributed by atoms with E-state index in [1.807, 2.05) is 18.4 Å². The Hall–Kier alpha value is -0.870. The molecule has 0 bridgehead atoms. The van der Waals surface area contributed by atoms with Gasteiger partial charge in [0, 0.05) is 22.2 Å². The lowest BCUT2D eigenvalue weighted by Gasteiger charge is -1.99. The van der Waals surface area contributed by atoms with Gasteiger partial charge in [-0.2, -0.15) is 0 Å². The van der Waals surface area contributed by atoms with Crippen LogP contribution in [0.3, 0.4) is 0 Å². The molecule has 0 atom stereocenters. The minimum absolute atomic E-state index is 0.119. The van der Waals surface area contributed by atoms with E-state index in [1.165, 1.54) is 0 Å². The molecule has 0 aromatic carbocycles. The van der Waals surface area contributed by atoms with Crippen LogP contribution in [-0.2, 0) is 12.8 Å². The van der Waals surface area contributed by atoms with Crippen molar-refractivity contribution in [2.24, 2.45) is 0 Å². The molecule has 0 aliphatic carbocycles. The second-order valence-electron chi connectivity index (χ2n) is 3.40. The molecule has 0 amide bonds. The van der Waals surface area contributed by atoms with Crippen molar-refractivity contribution in [2.75, 3.05) is 0 Å². The normalized spacial score (nSPS) is 10.6. The number of hydrogen-bond acceptors (Lipinski definition) is 3. The van der Waals surface area contributed by atoms with Gasteiger partial charge in [0.15, 0.2) is 5.78 Å². The fourth-order valence-electron chi connectivity index (χ4n) is 1.56. The van der Waals surface area contributed by atoms with Crippen molar-refractivity contribution in [3.05, 3.63) is 44.4 Å². The monoisotopic (exact) mass is 298 g/mol. The number of halogens is 1. The Balaban J connectivity index is 2.18. The third-order valence-corrected chi connectivity index (χ3v) is 4.31. The SMILES string of the molecule is CCc1occc1C(=O)Cc1sccc1Br. The molecule has 0 saturated heterocycles. The van der Waals surface area contributed by atoms with Crippen LogP contribution in [0.15, 0.2) is 32.7 Å². The van der Waals surface area contributed by atoms with Crippen molar-refractivity contribution in [1.29, 1.82) is 0 Å². The summed E-state index contributed by atoms with van der Waals surface area (Å²) in [7, 11) is 0. The molecule has 0 N–H and O–H groups in total. The first-order chi connectivity index (χ1) is 7.72. The van der Waals surface area contributed by atoms with Crippen LogP contribution in [0.1, 0.15) is 27.9 Å². The molecule has 84 valence electrons. The van der Waals surface area contributed by atoms with Crippen LogP contribution in [0.2, 0.25) is 0 Å². The van der Waals surface area contributed by atoms with Gasteiger partial charge in [0.25, 0.3) is 0 Å². The molecular formula is C12H11BrO2S. The number of carbonyl (C=O) groups is 1. The smallest absolute Gasteiger partial charge is 0.171 e. The van der Waals surface area contributed by atoms with E-state index in [2.05, 4.69) is 15.9 Å². The number of ketones is 1. The Morgan fingerprint density at radius 2 is 2.31 bits per heavy atom. The molecule has 2 rings (SSSR count). The maximum Gasteiger partial charge on any atom is 0.171 e. The first-order valence-electron chi connectivity index (χ1n) is 5.03. The fraction of sp³-hybridized carbons (Fsp3) is 0.250. The topological polar surface area (TPSA) is 30.2 Å². The van der Waals surface area contributed by atoms with Gasteiger partial charge in [-0.15, -0.1) is 11.3 Å². The summed E-state index contributed by atoms with van der Waals surface area (Å²) >= 11 is 5.02. The van der Waals surface area contributed by atoms with Gasteiger partial charge >= 0.3 is 0 Å². The molecule has 0 unspecified atom stereocenters. The molecule has 0 fully saturated rings. The zero-order valence-electron chi connectivity index (χ0n) is 8.83. The molecule has 2 aromatic heterocycles. The summed E-state index contributed by atoms with van der Waals surface area (Å²) in [5, 5.41) is 1.97. The molecule has 0 radical (unpaired) electrons. The quantitative estimate of drug-likeness (QED) is 0.796. The fourth-order valence-corrected chi connectivity index (χ4v) is 3.05. The molecule has 2 aromatic rings. The molecule has 0 spiro atoms. The summed E-state index contributed by atoms with van der Waals surface area (Å²) in [4.78, 5) is 13.1. The maximum absolute atomic E-state index is 12.0. The lowest BCUT2D eigenvalue weighted by atomic mass is 10.1. The van der Waals surface area contributed by atoms with Crippen molar-refractivity contribution in [3.8, 4) is 0 Å². The summed E-state index contributed by atoms with van der Waals surface area (Å²) in [6, 6.07) is 3.71. The Morgan fingerprint density at radius 3 is 2.94 bits per heavy atom. The number of furan rings is 1. The van der Waals surface area contributed by atoms with E-state index in [9.17, 15) is 4.79 Å². The predicted octanol–water partition coefficient (Wildman–Crippen LogP) is 4.09. The van der Waals surface area contributed by atoms with Gasteiger partial charge in [-0.05, 0) is 33.4 Å². The third kappa shape index (κ3) is 2.28. The Kier molecular flexibility index (Phi) is 3.61. The van der Waals surface area contributed by atoms with E-state index >= 15 is 0 Å². The number of aryl methyl sites for hydroxylation is 1. The lowest BCUT2D eigenvalue weighted by molar-refractivity contribution is 0.0992. The summed E-state index contributed by atoms with van der Waals surface area (Å²) in [5.74, 6) is 0.895. The van der Waals surface area contributed by atoms with Gasteiger partial charge in [0.05, 0.1) is 11.8 Å². The first kappa shape index (κ1) is 11.6. The summed E-state index contributed by atoms with van der Waals surface area (Å²) in [6.45, 7) is 1.98. The van der Waals surface area contributed by atoms with Gasteiger partial charge in [0.1, 0.15) is 5.76 Å². The largest absolute Gasteiger partial charge is 0.469 e. The van der Waals surface area contributed by atoms with Crippen LogP contribution >= 0.6 is 27.3 Å². The van der Waals surface area contributed by atoms with Crippen molar-refractivity contribution in [2.45, 2.75) is 19.8 Å². The van der Waals surface area contributed by atoms with E-state index in [1.54, 1.807) is 23.7 Å². The minimum atomic E-state index is 0.119. The summed E-state index contributed by atoms with van der Waals surface area (Å²) in [5.41, 5.74) is 0.711. The standard InChI is InChI=1S/C12H11BrO2S/c1-2-11-8(3-5-15-11)10(14)7-12-9(13)4-6-16-12/h3-6H,2,7H2,1H3. The second kappa shape index (κ2) is 4.97. The van der Waals surface area contributed by atoms with Crippen LogP contribution in [0.5, 0.6) is 0 Å². The lowest BCUT2D eigenvalue weighted by Crippen LogP contribution is -2.03. The van der Waals surface area contributed by atoms with E-state index in [4.69, 9.17) is 4.42 Å². The third-order valence-electron chi connectivity index (χ3n) is 2.38. The predicted molar refractivity (Wildman–Crippen MR) is 68.1 cm³/mol. The highest BCUT2D eigenvalue weighted by Gasteiger charge is 2.15. The van der Waals surface area contributed by atoms with Gasteiger partial charge in [0.2, 0.25) is 0 Å². The van der Waals surface area contributed by atoms with E-state index in [0.717, 1.165) is 21.5 Å². The van der Waals surface area contributed by atoms with Gasteiger partial charge < -0.3 is 4.42 Å². The average molecular weight is 299 g/mol. The van der Waals surface area contributed by atoms with Crippen molar-refractivity contribution in [3.63, 3.8) is 0 Å². The van der Waals surface area contributed by atoms with Crippen LogP contribution in [-0.4, -0.2) is 5.78 Å². The maximum atomic E-state index is 12.0. The minimum Gasteiger partial charge on any atom is -0.469 e. The Morgan fingerprint density at radius 1 is 1.50 bits per heavy atom. The average Bonchev–Trinajstić information content (AvgIpc) is 2.87. The highest BCUT2D eigenvalue weighted by Crippen LogP contribution is 2.25. The number of Topliss-reactive ketones (excluding diaryl/α,β-unsaturated/α-hetero) is 1. The number of rotatable bonds is 4. The molecule has 16 heavy (non-hydrogen) atoms. The molecule has 2 nitrogen and oxygen atoms in total. The Bertz CT molecular complexity index is 499. The highest BCUT2D eigenvalue weighted by molar-refractivity contribution is 9.10. The zero-order chi connectivity index (χ0) is 11.5. The molecular weight excluding hydrogens is 288 g/mol. The van der Waals surface area contributed by atoms with Gasteiger partial charge in [-0.3, -0.25) is 4.79 Å². The molecule has 0 aliphatic rings. The Labute approximate surface area is 106 Å². The van der Waals surface area contributed by atoms with Gasteiger partial charge in [-0.25, -0.2) is 0 Å². The van der Waals surface area contributed by atoms with E-state index in [0.29, 0.717) is 12.0 Å². The first-order valence-corrected chi connectivity index (χ1v) is 6.71. The van der Waals surface area contributed by atoms with Crippen molar-refractivity contribution < 1.29 is 9.21 Å². The van der Waals surface area contributed by atoms with Crippen LogP contribution < -0.4 is 0 Å². The van der Waals surface area contributed by atoms with E-state index < -0.39 is 0 Å². The number of carbonyl (C=O) groups excluding carboxylic acids is 1. The molecule has 2 heterocycles. The van der Waals surface area contributed by atoms with Crippen molar-refractivity contribution >= 4 is 33.0 Å². The van der Waals surface area contributed by atoms with Crippen molar-refractivity contribution in [1.82, 2.24) is 0 Å². The summed E-state index contributed by atoms with van der Waals surface area (Å²) in [6.07, 6.45) is 2.76. The van der Waals surface area contributed by atoms with Gasteiger partial charge in [-0.1, -0.05) is 6.92 Å². The van der Waals surface area contributed by atoms with E-state index in [-0.39, 0.29) is 5.78 Å². The van der Waals surface area contributed by atoms with Crippen LogP contribution in [0.25, 0.3) is 0 Å². The second-order valence-corrected chi connectivity index (χ2v) is 5.26. The molecule has 4 heteroatoms. The zero-order valence-corrected chi connectivity index (χ0v) is 11.2.